The second-order valence-corrected chi connectivity index (χ2v) is 9.00. The van der Waals surface area contributed by atoms with E-state index in [9.17, 15) is 14.7 Å². The average molecular weight is 456 g/mol. The molecule has 2 N–H and O–H groups in total. The predicted octanol–water partition coefficient (Wildman–Crippen LogP) is 6.18. The molecule has 0 aliphatic heterocycles. The number of para-hydroxylation sites is 1. The first kappa shape index (κ1) is 23.9. The zero-order valence-corrected chi connectivity index (χ0v) is 19.4. The number of aromatic hydroxyl groups is 1. The summed E-state index contributed by atoms with van der Waals surface area (Å²) in [6.07, 6.45) is 4.56. The van der Waals surface area contributed by atoms with Crippen molar-refractivity contribution >= 4 is 34.3 Å². The second-order valence-electron chi connectivity index (χ2n) is 8.56. The molecule has 1 atom stereocenters. The van der Waals surface area contributed by atoms with Gasteiger partial charge in [0.2, 0.25) is 0 Å². The number of nitrogens with zero attached hydrogens (tertiary/aromatic N) is 1. The number of hydrogen-bond donors (Lipinski definition) is 2. The highest BCUT2D eigenvalue weighted by Crippen LogP contribution is 2.31. The van der Waals surface area contributed by atoms with E-state index in [2.05, 4.69) is 4.57 Å². The van der Waals surface area contributed by atoms with Crippen molar-refractivity contribution in [2.24, 2.45) is 13.0 Å². The van der Waals surface area contributed by atoms with E-state index in [1.807, 2.05) is 43.4 Å². The van der Waals surface area contributed by atoms with Crippen LogP contribution in [0.15, 0.2) is 42.5 Å². The van der Waals surface area contributed by atoms with Crippen LogP contribution in [-0.4, -0.2) is 26.5 Å². The summed E-state index contributed by atoms with van der Waals surface area (Å²) in [5.41, 5.74) is 3.54. The van der Waals surface area contributed by atoms with Gasteiger partial charge < -0.3 is 14.8 Å². The Balaban J connectivity index is 1.75. The smallest absolute Gasteiger partial charge is 0.303 e. The summed E-state index contributed by atoms with van der Waals surface area (Å²) in [5.74, 6) is -0.825. The summed E-state index contributed by atoms with van der Waals surface area (Å²) >= 11 is 6.23. The fourth-order valence-corrected chi connectivity index (χ4v) is 4.54. The number of aryl methyl sites for hydroxylation is 2. The van der Waals surface area contributed by atoms with Gasteiger partial charge in [0.1, 0.15) is 5.75 Å². The van der Waals surface area contributed by atoms with Crippen LogP contribution in [0.2, 0.25) is 5.02 Å². The van der Waals surface area contributed by atoms with E-state index in [0.29, 0.717) is 16.3 Å². The van der Waals surface area contributed by atoms with Crippen LogP contribution in [0.1, 0.15) is 60.6 Å². The SMILES string of the molecule is CC(CC(=O)O)CC(=O)c1c(CCCCCc2ccccc2O)n(C)c2ccc(Cl)cc12. The lowest BCUT2D eigenvalue weighted by Gasteiger charge is -2.11. The molecule has 0 bridgehead atoms. The zero-order valence-electron chi connectivity index (χ0n) is 18.6. The van der Waals surface area contributed by atoms with Gasteiger partial charge in [0, 0.05) is 47.1 Å². The van der Waals surface area contributed by atoms with Gasteiger partial charge in [-0.1, -0.05) is 43.1 Å². The number of aromatic nitrogens is 1. The minimum absolute atomic E-state index is 0.0288. The normalized spacial score (nSPS) is 12.2. The summed E-state index contributed by atoms with van der Waals surface area (Å²) in [5, 5.41) is 20.4. The Kier molecular flexibility index (Phi) is 7.97. The van der Waals surface area contributed by atoms with Gasteiger partial charge in [-0.2, -0.15) is 0 Å². The van der Waals surface area contributed by atoms with Gasteiger partial charge in [0.15, 0.2) is 5.78 Å². The summed E-state index contributed by atoms with van der Waals surface area (Å²) in [6.45, 7) is 1.79. The Bertz CT molecular complexity index is 1120. The maximum atomic E-state index is 13.2. The molecule has 0 radical (unpaired) electrons. The molecule has 32 heavy (non-hydrogen) atoms. The number of phenolic OH excluding ortho intramolecular Hbond substituents is 1. The van der Waals surface area contributed by atoms with Crippen molar-refractivity contribution in [3.05, 3.63) is 64.3 Å². The maximum Gasteiger partial charge on any atom is 0.303 e. The molecule has 1 unspecified atom stereocenters. The second kappa shape index (κ2) is 10.7. The van der Waals surface area contributed by atoms with E-state index in [1.54, 1.807) is 13.0 Å². The number of hydrogen-bond acceptors (Lipinski definition) is 3. The van der Waals surface area contributed by atoms with Gasteiger partial charge in [-0.25, -0.2) is 0 Å². The quantitative estimate of drug-likeness (QED) is 0.267. The number of halogens is 1. The Morgan fingerprint density at radius 2 is 1.75 bits per heavy atom. The third kappa shape index (κ3) is 5.71. The molecule has 2 aromatic carbocycles. The molecule has 3 rings (SSSR count). The number of carboxylic acids is 1. The average Bonchev–Trinajstić information content (AvgIpc) is 2.99. The molecule has 1 heterocycles. The molecule has 0 aliphatic rings. The van der Waals surface area contributed by atoms with Crippen molar-refractivity contribution in [1.82, 2.24) is 4.57 Å². The Morgan fingerprint density at radius 3 is 2.47 bits per heavy atom. The third-order valence-corrected chi connectivity index (χ3v) is 6.20. The zero-order chi connectivity index (χ0) is 23.3. The van der Waals surface area contributed by atoms with Crippen molar-refractivity contribution in [2.75, 3.05) is 0 Å². The van der Waals surface area contributed by atoms with Crippen molar-refractivity contribution in [3.63, 3.8) is 0 Å². The molecule has 5 nitrogen and oxygen atoms in total. The Morgan fingerprint density at radius 1 is 1.03 bits per heavy atom. The van der Waals surface area contributed by atoms with Gasteiger partial charge in [0.05, 0.1) is 0 Å². The monoisotopic (exact) mass is 455 g/mol. The lowest BCUT2D eigenvalue weighted by atomic mass is 9.94. The highest BCUT2D eigenvalue weighted by atomic mass is 35.5. The number of unbranched alkanes of at least 4 members (excludes halogenated alkanes) is 2. The molecular weight excluding hydrogens is 426 g/mol. The van der Waals surface area contributed by atoms with Gasteiger partial charge in [-0.05, 0) is 61.4 Å². The van der Waals surface area contributed by atoms with Gasteiger partial charge in [-0.15, -0.1) is 0 Å². The van der Waals surface area contributed by atoms with Crippen molar-refractivity contribution < 1.29 is 19.8 Å². The van der Waals surface area contributed by atoms with Crippen LogP contribution in [0.4, 0.5) is 0 Å². The number of phenols is 1. The first-order chi connectivity index (χ1) is 15.3. The number of carboxylic acid groups (broad SMARTS) is 1. The van der Waals surface area contributed by atoms with E-state index >= 15 is 0 Å². The number of aliphatic carboxylic acids is 1. The lowest BCUT2D eigenvalue weighted by Crippen LogP contribution is -2.12. The molecule has 0 fully saturated rings. The third-order valence-electron chi connectivity index (χ3n) is 5.97. The fraction of sp³-hybridized carbons (Fsp3) is 0.385. The van der Waals surface area contributed by atoms with E-state index in [0.717, 1.165) is 54.3 Å². The summed E-state index contributed by atoms with van der Waals surface area (Å²) in [7, 11) is 1.96. The molecule has 0 saturated heterocycles. The van der Waals surface area contributed by atoms with Crippen LogP contribution in [0.25, 0.3) is 10.9 Å². The molecule has 3 aromatic rings. The number of ketones is 1. The van der Waals surface area contributed by atoms with Crippen molar-refractivity contribution in [2.45, 2.75) is 51.9 Å². The van der Waals surface area contributed by atoms with Crippen LogP contribution < -0.4 is 0 Å². The van der Waals surface area contributed by atoms with Crippen molar-refractivity contribution in [3.8, 4) is 5.75 Å². The van der Waals surface area contributed by atoms with Crippen molar-refractivity contribution in [1.29, 1.82) is 0 Å². The number of rotatable bonds is 11. The summed E-state index contributed by atoms with van der Waals surface area (Å²) < 4.78 is 2.06. The number of carbonyl (C=O) groups excluding carboxylic acids is 1. The predicted molar refractivity (Wildman–Crippen MR) is 128 cm³/mol. The first-order valence-electron chi connectivity index (χ1n) is 11.1. The molecule has 0 amide bonds. The van der Waals surface area contributed by atoms with E-state index in [-0.39, 0.29) is 24.5 Å². The summed E-state index contributed by atoms with van der Waals surface area (Å²) in [6, 6.07) is 13.0. The minimum Gasteiger partial charge on any atom is -0.508 e. The molecule has 1 aromatic heterocycles. The number of fused-ring (bicyclic) bond motifs is 1. The molecule has 6 heteroatoms. The molecule has 0 spiro atoms. The minimum atomic E-state index is -0.893. The van der Waals surface area contributed by atoms with Gasteiger partial charge >= 0.3 is 5.97 Å². The van der Waals surface area contributed by atoms with E-state index in [4.69, 9.17) is 16.7 Å². The van der Waals surface area contributed by atoms with E-state index < -0.39 is 5.97 Å². The Hall–Kier alpha value is -2.79. The summed E-state index contributed by atoms with van der Waals surface area (Å²) in [4.78, 5) is 24.3. The molecule has 0 saturated carbocycles. The highest BCUT2D eigenvalue weighted by molar-refractivity contribution is 6.31. The van der Waals surface area contributed by atoms with Crippen LogP contribution >= 0.6 is 11.6 Å². The van der Waals surface area contributed by atoms with Crippen LogP contribution in [0, 0.1) is 5.92 Å². The highest BCUT2D eigenvalue weighted by Gasteiger charge is 2.23. The first-order valence-corrected chi connectivity index (χ1v) is 11.4. The van der Waals surface area contributed by atoms with Gasteiger partial charge in [0.25, 0.3) is 0 Å². The largest absolute Gasteiger partial charge is 0.508 e. The van der Waals surface area contributed by atoms with Gasteiger partial charge in [-0.3, -0.25) is 9.59 Å². The Labute approximate surface area is 193 Å². The maximum absolute atomic E-state index is 13.2. The van der Waals surface area contributed by atoms with Crippen LogP contribution in [-0.2, 0) is 24.7 Å². The fourth-order valence-electron chi connectivity index (χ4n) is 4.37. The van der Waals surface area contributed by atoms with Crippen LogP contribution in [0.3, 0.4) is 0 Å². The number of benzene rings is 2. The standard InChI is InChI=1S/C26H30ClNO4/c1-17(15-25(31)32)14-24(30)26-20-16-19(27)12-13-21(20)28(2)22(26)10-5-3-4-8-18-9-6-7-11-23(18)29/h6-7,9,11-13,16-17,29H,3-5,8,10,14-15H2,1-2H3,(H,31,32). The lowest BCUT2D eigenvalue weighted by molar-refractivity contribution is -0.137. The van der Waals surface area contributed by atoms with Crippen LogP contribution in [0.5, 0.6) is 5.75 Å². The number of carbonyl (C=O) groups is 2. The molecule has 170 valence electrons. The molecule has 0 aliphatic carbocycles. The topological polar surface area (TPSA) is 79.5 Å². The molecular formula is C26H30ClNO4. The van der Waals surface area contributed by atoms with E-state index in [1.165, 1.54) is 0 Å². The number of Topliss-reactive ketones (excluding diaryl/α,β-unsaturated/α-hetero) is 1.